The number of benzene rings is 1. The van der Waals surface area contributed by atoms with Crippen LogP contribution in [-0.2, 0) is 11.3 Å². The average molecular weight is 340 g/mol. The third kappa shape index (κ3) is 3.60. The molecule has 0 bridgehead atoms. The van der Waals surface area contributed by atoms with Crippen molar-refractivity contribution in [3.8, 4) is 0 Å². The summed E-state index contributed by atoms with van der Waals surface area (Å²) in [6.45, 7) is 5.16. The number of H-pyrrole nitrogens is 1. The Hall–Kier alpha value is -2.96. The maximum absolute atomic E-state index is 12.7. The minimum Gasteiger partial charge on any atom is -0.335 e. The summed E-state index contributed by atoms with van der Waals surface area (Å²) >= 11 is 0. The van der Waals surface area contributed by atoms with E-state index in [-0.39, 0.29) is 23.1 Å². The molecule has 2 heterocycles. The SMILES string of the molecule is Cc1cccc(CN2CCN(C(=O)c3ccc(=O)[nH]n3)[C@@H](C)C2=O)c1. The van der Waals surface area contributed by atoms with Crippen molar-refractivity contribution in [3.05, 3.63) is 63.6 Å². The van der Waals surface area contributed by atoms with Gasteiger partial charge in [0.05, 0.1) is 0 Å². The van der Waals surface area contributed by atoms with Gasteiger partial charge in [-0.2, -0.15) is 5.10 Å². The number of hydrogen-bond donors (Lipinski definition) is 1. The summed E-state index contributed by atoms with van der Waals surface area (Å²) in [6, 6.07) is 10.1. The van der Waals surface area contributed by atoms with E-state index in [2.05, 4.69) is 16.3 Å². The van der Waals surface area contributed by atoms with Crippen LogP contribution in [0.25, 0.3) is 0 Å². The molecule has 1 N–H and O–H groups in total. The molecule has 1 aliphatic heterocycles. The van der Waals surface area contributed by atoms with Crippen molar-refractivity contribution in [1.82, 2.24) is 20.0 Å². The Morgan fingerprint density at radius 2 is 2.04 bits per heavy atom. The second-order valence-corrected chi connectivity index (χ2v) is 6.23. The lowest BCUT2D eigenvalue weighted by Crippen LogP contribution is -2.57. The number of nitrogens with zero attached hydrogens (tertiary/aromatic N) is 3. The van der Waals surface area contributed by atoms with Crippen LogP contribution >= 0.6 is 0 Å². The van der Waals surface area contributed by atoms with Crippen molar-refractivity contribution in [2.75, 3.05) is 13.1 Å². The van der Waals surface area contributed by atoms with Gasteiger partial charge in [0.1, 0.15) is 11.7 Å². The Labute approximate surface area is 145 Å². The van der Waals surface area contributed by atoms with Gasteiger partial charge < -0.3 is 9.80 Å². The lowest BCUT2D eigenvalue weighted by atomic mass is 10.1. The van der Waals surface area contributed by atoms with Crippen LogP contribution < -0.4 is 5.56 Å². The number of carbonyl (C=O) groups excluding carboxylic acids is 2. The second-order valence-electron chi connectivity index (χ2n) is 6.23. The van der Waals surface area contributed by atoms with Gasteiger partial charge in [0.15, 0.2) is 0 Å². The van der Waals surface area contributed by atoms with E-state index in [0.29, 0.717) is 19.6 Å². The molecule has 7 nitrogen and oxygen atoms in total. The predicted molar refractivity (Wildman–Crippen MR) is 92.0 cm³/mol. The first-order chi connectivity index (χ1) is 12.0. The quantitative estimate of drug-likeness (QED) is 0.901. The maximum Gasteiger partial charge on any atom is 0.275 e. The number of aryl methyl sites for hydroxylation is 1. The third-order valence-electron chi connectivity index (χ3n) is 4.36. The third-order valence-corrected chi connectivity index (χ3v) is 4.36. The zero-order valence-corrected chi connectivity index (χ0v) is 14.2. The zero-order chi connectivity index (χ0) is 18.0. The highest BCUT2D eigenvalue weighted by molar-refractivity contribution is 5.96. The molecule has 7 heteroatoms. The Morgan fingerprint density at radius 3 is 2.72 bits per heavy atom. The Balaban J connectivity index is 1.71. The highest BCUT2D eigenvalue weighted by atomic mass is 16.2. The Bertz CT molecular complexity index is 841. The van der Waals surface area contributed by atoms with Crippen LogP contribution in [0.3, 0.4) is 0 Å². The van der Waals surface area contributed by atoms with Crippen molar-refractivity contribution in [1.29, 1.82) is 0 Å². The number of rotatable bonds is 3. The molecule has 1 atom stereocenters. The Kier molecular flexibility index (Phi) is 4.65. The molecule has 0 spiro atoms. The predicted octanol–water partition coefficient (Wildman–Crippen LogP) is 0.951. The van der Waals surface area contributed by atoms with Crippen molar-refractivity contribution >= 4 is 11.8 Å². The zero-order valence-electron chi connectivity index (χ0n) is 14.2. The van der Waals surface area contributed by atoms with Gasteiger partial charge in [0, 0.05) is 25.7 Å². The number of piperazine rings is 1. The van der Waals surface area contributed by atoms with E-state index in [0.717, 1.165) is 11.1 Å². The normalized spacial score (nSPS) is 17.7. The molecule has 3 rings (SSSR count). The van der Waals surface area contributed by atoms with E-state index in [1.54, 1.807) is 11.8 Å². The van der Waals surface area contributed by atoms with Crippen molar-refractivity contribution in [2.45, 2.75) is 26.4 Å². The molecule has 130 valence electrons. The minimum absolute atomic E-state index is 0.0921. The fraction of sp³-hybridized carbons (Fsp3) is 0.333. The molecule has 2 amide bonds. The molecule has 1 fully saturated rings. The summed E-state index contributed by atoms with van der Waals surface area (Å²) in [5.74, 6) is -0.446. The van der Waals surface area contributed by atoms with Gasteiger partial charge in [-0.25, -0.2) is 5.10 Å². The molecule has 0 radical (unpaired) electrons. The van der Waals surface area contributed by atoms with E-state index in [1.807, 2.05) is 25.1 Å². The van der Waals surface area contributed by atoms with Crippen LogP contribution in [0.15, 0.2) is 41.2 Å². The van der Waals surface area contributed by atoms with Gasteiger partial charge in [-0.1, -0.05) is 29.8 Å². The minimum atomic E-state index is -0.570. The van der Waals surface area contributed by atoms with Crippen LogP contribution in [-0.4, -0.2) is 50.9 Å². The second kappa shape index (κ2) is 6.88. The topological polar surface area (TPSA) is 86.4 Å². The highest BCUT2D eigenvalue weighted by Gasteiger charge is 2.35. The first-order valence-electron chi connectivity index (χ1n) is 8.17. The first-order valence-corrected chi connectivity index (χ1v) is 8.17. The van der Waals surface area contributed by atoms with E-state index in [9.17, 15) is 14.4 Å². The van der Waals surface area contributed by atoms with Crippen molar-refractivity contribution in [2.24, 2.45) is 0 Å². The van der Waals surface area contributed by atoms with Gasteiger partial charge in [0.25, 0.3) is 11.5 Å². The standard InChI is InChI=1S/C18H20N4O3/c1-12-4-3-5-14(10-12)11-21-8-9-22(13(2)17(21)24)18(25)15-6-7-16(23)20-19-15/h3-7,10,13H,8-9,11H2,1-2H3,(H,20,23)/t13-/m0/s1. The fourth-order valence-corrected chi connectivity index (χ4v) is 3.01. The fourth-order valence-electron chi connectivity index (χ4n) is 3.01. The summed E-state index contributed by atoms with van der Waals surface area (Å²) in [7, 11) is 0. The highest BCUT2D eigenvalue weighted by Crippen LogP contribution is 2.17. The number of amides is 2. The van der Waals surface area contributed by atoms with Gasteiger partial charge in [0.2, 0.25) is 5.91 Å². The monoisotopic (exact) mass is 340 g/mol. The van der Waals surface area contributed by atoms with Crippen LogP contribution in [0.2, 0.25) is 0 Å². The Morgan fingerprint density at radius 1 is 1.24 bits per heavy atom. The molecule has 25 heavy (non-hydrogen) atoms. The van der Waals surface area contributed by atoms with E-state index < -0.39 is 6.04 Å². The molecule has 1 saturated heterocycles. The molecule has 0 saturated carbocycles. The maximum atomic E-state index is 12.7. The first kappa shape index (κ1) is 16.9. The molecule has 1 aromatic heterocycles. The molecular weight excluding hydrogens is 320 g/mol. The average Bonchev–Trinajstić information content (AvgIpc) is 2.59. The van der Waals surface area contributed by atoms with Crippen molar-refractivity contribution in [3.63, 3.8) is 0 Å². The van der Waals surface area contributed by atoms with Gasteiger partial charge in [-0.3, -0.25) is 14.4 Å². The van der Waals surface area contributed by atoms with E-state index >= 15 is 0 Å². The van der Waals surface area contributed by atoms with Gasteiger partial charge in [-0.05, 0) is 25.5 Å². The van der Waals surface area contributed by atoms with E-state index in [1.165, 1.54) is 17.0 Å². The summed E-state index contributed by atoms with van der Waals surface area (Å²) < 4.78 is 0. The smallest absolute Gasteiger partial charge is 0.275 e. The summed E-state index contributed by atoms with van der Waals surface area (Å²) in [6.07, 6.45) is 0. The lowest BCUT2D eigenvalue weighted by Gasteiger charge is -2.39. The molecule has 0 unspecified atom stereocenters. The summed E-state index contributed by atoms with van der Waals surface area (Å²) in [5, 5.41) is 6.00. The van der Waals surface area contributed by atoms with Crippen LogP contribution in [0, 0.1) is 6.92 Å². The lowest BCUT2D eigenvalue weighted by molar-refractivity contribution is -0.140. The molecule has 2 aromatic rings. The van der Waals surface area contributed by atoms with Crippen LogP contribution in [0.1, 0.15) is 28.5 Å². The van der Waals surface area contributed by atoms with Crippen LogP contribution in [0.5, 0.6) is 0 Å². The van der Waals surface area contributed by atoms with Gasteiger partial charge >= 0.3 is 0 Å². The number of aromatic amines is 1. The molecular formula is C18H20N4O3. The molecule has 1 aliphatic rings. The number of carbonyl (C=O) groups is 2. The number of nitrogens with one attached hydrogen (secondary N) is 1. The van der Waals surface area contributed by atoms with Crippen molar-refractivity contribution < 1.29 is 9.59 Å². The van der Waals surface area contributed by atoms with Crippen LogP contribution in [0.4, 0.5) is 0 Å². The summed E-state index contributed by atoms with van der Waals surface area (Å²) in [4.78, 5) is 39.6. The largest absolute Gasteiger partial charge is 0.335 e. The van der Waals surface area contributed by atoms with Gasteiger partial charge in [-0.15, -0.1) is 0 Å². The van der Waals surface area contributed by atoms with E-state index in [4.69, 9.17) is 0 Å². The number of hydrogen-bond acceptors (Lipinski definition) is 4. The summed E-state index contributed by atoms with van der Waals surface area (Å²) in [5.41, 5.74) is 1.98. The molecule has 1 aromatic carbocycles. The number of aromatic nitrogens is 2. The molecule has 0 aliphatic carbocycles.